The summed E-state index contributed by atoms with van der Waals surface area (Å²) in [7, 11) is 0. The summed E-state index contributed by atoms with van der Waals surface area (Å²) in [6, 6.07) is 8.28. The molecule has 2 rings (SSSR count). The van der Waals surface area contributed by atoms with Crippen LogP contribution in [0.1, 0.15) is 26.2 Å². The average molecular weight is 387 g/mol. The Bertz CT molecular complexity index is 464. The SMILES string of the molecule is CC(N)C1CCCCN1CC(=O)Nc1cccc(I)c1. The standard InChI is InChI=1S/C15H22IN3O/c1-11(17)14-7-2-3-8-19(14)10-15(20)18-13-6-4-5-12(16)9-13/h4-6,9,11,14H,2-3,7-8,10,17H2,1H3,(H,18,20). The Morgan fingerprint density at radius 3 is 3.05 bits per heavy atom. The lowest BCUT2D eigenvalue weighted by Gasteiger charge is -2.37. The van der Waals surface area contributed by atoms with E-state index in [2.05, 4.69) is 32.8 Å². The topological polar surface area (TPSA) is 58.4 Å². The molecule has 1 fully saturated rings. The van der Waals surface area contributed by atoms with E-state index in [-0.39, 0.29) is 11.9 Å². The molecule has 0 radical (unpaired) electrons. The monoisotopic (exact) mass is 387 g/mol. The van der Waals surface area contributed by atoms with Gasteiger partial charge < -0.3 is 11.1 Å². The molecule has 110 valence electrons. The smallest absolute Gasteiger partial charge is 0.238 e. The van der Waals surface area contributed by atoms with Gasteiger partial charge in [-0.1, -0.05) is 12.5 Å². The van der Waals surface area contributed by atoms with Crippen LogP contribution in [0.2, 0.25) is 0 Å². The molecule has 1 amide bonds. The van der Waals surface area contributed by atoms with Crippen molar-refractivity contribution in [1.29, 1.82) is 0 Å². The normalized spacial score (nSPS) is 21.4. The number of carbonyl (C=O) groups is 1. The number of rotatable bonds is 4. The Hall–Kier alpha value is -0.660. The van der Waals surface area contributed by atoms with E-state index < -0.39 is 0 Å². The van der Waals surface area contributed by atoms with Crippen LogP contribution in [-0.2, 0) is 4.79 Å². The van der Waals surface area contributed by atoms with Gasteiger partial charge in [0.15, 0.2) is 0 Å². The molecule has 1 aromatic carbocycles. The molecule has 1 heterocycles. The molecule has 20 heavy (non-hydrogen) atoms. The van der Waals surface area contributed by atoms with E-state index in [0.29, 0.717) is 12.6 Å². The maximum atomic E-state index is 12.2. The summed E-state index contributed by atoms with van der Waals surface area (Å²) in [5, 5.41) is 2.96. The van der Waals surface area contributed by atoms with Crippen molar-refractivity contribution in [3.63, 3.8) is 0 Å². The second-order valence-electron chi connectivity index (χ2n) is 5.45. The first-order chi connectivity index (χ1) is 9.56. The second kappa shape index (κ2) is 7.38. The van der Waals surface area contributed by atoms with Crippen LogP contribution in [-0.4, -0.2) is 36.0 Å². The molecule has 1 aromatic rings. The number of carbonyl (C=O) groups excluding carboxylic acids is 1. The summed E-state index contributed by atoms with van der Waals surface area (Å²) >= 11 is 2.24. The fourth-order valence-electron chi connectivity index (χ4n) is 2.76. The van der Waals surface area contributed by atoms with Gasteiger partial charge in [0.1, 0.15) is 0 Å². The molecule has 0 bridgehead atoms. The summed E-state index contributed by atoms with van der Waals surface area (Å²) in [6.07, 6.45) is 3.45. The molecule has 0 aliphatic carbocycles. The third kappa shape index (κ3) is 4.43. The van der Waals surface area contributed by atoms with Crippen LogP contribution < -0.4 is 11.1 Å². The molecule has 1 aliphatic rings. The number of nitrogens with two attached hydrogens (primary N) is 1. The molecular weight excluding hydrogens is 365 g/mol. The third-order valence-electron chi connectivity index (χ3n) is 3.73. The number of piperidine rings is 1. The molecule has 2 unspecified atom stereocenters. The lowest BCUT2D eigenvalue weighted by Crippen LogP contribution is -2.51. The first-order valence-corrected chi connectivity index (χ1v) is 8.19. The van der Waals surface area contributed by atoms with E-state index in [1.165, 1.54) is 6.42 Å². The van der Waals surface area contributed by atoms with Gasteiger partial charge in [-0.25, -0.2) is 0 Å². The third-order valence-corrected chi connectivity index (χ3v) is 4.40. The van der Waals surface area contributed by atoms with E-state index in [9.17, 15) is 4.79 Å². The van der Waals surface area contributed by atoms with E-state index in [4.69, 9.17) is 5.73 Å². The van der Waals surface area contributed by atoms with Gasteiger partial charge in [-0.3, -0.25) is 9.69 Å². The Balaban J connectivity index is 1.93. The first-order valence-electron chi connectivity index (χ1n) is 7.11. The lowest BCUT2D eigenvalue weighted by molar-refractivity contribution is -0.118. The van der Waals surface area contributed by atoms with E-state index in [1.807, 2.05) is 31.2 Å². The second-order valence-corrected chi connectivity index (χ2v) is 6.70. The van der Waals surface area contributed by atoms with Crippen LogP contribution in [0.25, 0.3) is 0 Å². The predicted octanol–water partition coefficient (Wildman–Crippen LogP) is 2.43. The summed E-state index contributed by atoms with van der Waals surface area (Å²) < 4.78 is 1.12. The summed E-state index contributed by atoms with van der Waals surface area (Å²) in [4.78, 5) is 14.4. The zero-order chi connectivity index (χ0) is 14.5. The summed E-state index contributed by atoms with van der Waals surface area (Å²) in [6.45, 7) is 3.42. The minimum Gasteiger partial charge on any atom is -0.327 e. The van der Waals surface area contributed by atoms with Gasteiger partial charge in [0.25, 0.3) is 0 Å². The lowest BCUT2D eigenvalue weighted by atomic mass is 9.97. The van der Waals surface area contributed by atoms with Crippen molar-refractivity contribution in [3.8, 4) is 0 Å². The van der Waals surface area contributed by atoms with Crippen LogP contribution in [0.5, 0.6) is 0 Å². The molecular formula is C15H22IN3O. The van der Waals surface area contributed by atoms with Gasteiger partial charge in [-0.2, -0.15) is 0 Å². The van der Waals surface area contributed by atoms with Crippen LogP contribution in [0.3, 0.4) is 0 Å². The Labute approximate surface area is 134 Å². The van der Waals surface area contributed by atoms with Crippen LogP contribution in [0, 0.1) is 3.57 Å². The van der Waals surface area contributed by atoms with E-state index in [0.717, 1.165) is 28.6 Å². The number of likely N-dealkylation sites (tertiary alicyclic amines) is 1. The Morgan fingerprint density at radius 1 is 1.55 bits per heavy atom. The quantitative estimate of drug-likeness (QED) is 0.781. The number of amides is 1. The van der Waals surface area contributed by atoms with Crippen LogP contribution in [0.4, 0.5) is 5.69 Å². The molecule has 0 saturated carbocycles. The average Bonchev–Trinajstić information content (AvgIpc) is 2.38. The molecule has 0 aromatic heterocycles. The van der Waals surface area contributed by atoms with Crippen molar-refractivity contribution < 1.29 is 4.79 Å². The molecule has 5 heteroatoms. The maximum Gasteiger partial charge on any atom is 0.238 e. The number of hydrogen-bond acceptors (Lipinski definition) is 3. The molecule has 3 N–H and O–H groups in total. The van der Waals surface area contributed by atoms with Crippen LogP contribution >= 0.6 is 22.6 Å². The molecule has 1 aliphatic heterocycles. The van der Waals surface area contributed by atoms with Crippen molar-refractivity contribution in [2.45, 2.75) is 38.3 Å². The van der Waals surface area contributed by atoms with Gasteiger partial charge >= 0.3 is 0 Å². The highest BCUT2D eigenvalue weighted by Crippen LogP contribution is 2.19. The van der Waals surface area contributed by atoms with Gasteiger partial charge in [0.2, 0.25) is 5.91 Å². The predicted molar refractivity (Wildman–Crippen MR) is 90.7 cm³/mol. The highest BCUT2D eigenvalue weighted by molar-refractivity contribution is 14.1. The van der Waals surface area contributed by atoms with Gasteiger partial charge in [-0.05, 0) is 67.1 Å². The van der Waals surface area contributed by atoms with Crippen molar-refractivity contribution in [3.05, 3.63) is 27.8 Å². The Kier molecular flexibility index (Phi) is 5.80. The van der Waals surface area contributed by atoms with E-state index >= 15 is 0 Å². The highest BCUT2D eigenvalue weighted by atomic mass is 127. The van der Waals surface area contributed by atoms with Crippen molar-refractivity contribution in [2.24, 2.45) is 5.73 Å². The molecule has 2 atom stereocenters. The first kappa shape index (κ1) is 15.7. The fraction of sp³-hybridized carbons (Fsp3) is 0.533. The maximum absolute atomic E-state index is 12.2. The zero-order valence-electron chi connectivity index (χ0n) is 11.8. The molecule has 4 nitrogen and oxygen atoms in total. The Morgan fingerprint density at radius 2 is 2.35 bits per heavy atom. The summed E-state index contributed by atoms with van der Waals surface area (Å²) in [5.74, 6) is 0.0413. The molecule has 0 spiro atoms. The number of nitrogens with one attached hydrogen (secondary N) is 1. The van der Waals surface area contributed by atoms with Crippen molar-refractivity contribution in [2.75, 3.05) is 18.4 Å². The van der Waals surface area contributed by atoms with Gasteiger partial charge in [-0.15, -0.1) is 0 Å². The number of anilines is 1. The fourth-order valence-corrected chi connectivity index (χ4v) is 3.30. The molecule has 1 saturated heterocycles. The van der Waals surface area contributed by atoms with Crippen molar-refractivity contribution in [1.82, 2.24) is 4.90 Å². The number of halogens is 1. The largest absolute Gasteiger partial charge is 0.327 e. The van der Waals surface area contributed by atoms with E-state index in [1.54, 1.807) is 0 Å². The van der Waals surface area contributed by atoms with Crippen molar-refractivity contribution >= 4 is 34.2 Å². The minimum absolute atomic E-state index is 0.0413. The minimum atomic E-state index is 0.0413. The number of benzene rings is 1. The highest BCUT2D eigenvalue weighted by Gasteiger charge is 2.26. The number of hydrogen-bond donors (Lipinski definition) is 2. The zero-order valence-corrected chi connectivity index (χ0v) is 14.0. The number of nitrogens with zero attached hydrogens (tertiary/aromatic N) is 1. The van der Waals surface area contributed by atoms with Crippen LogP contribution in [0.15, 0.2) is 24.3 Å². The summed E-state index contributed by atoms with van der Waals surface area (Å²) in [5.41, 5.74) is 6.89. The van der Waals surface area contributed by atoms with Gasteiger partial charge in [0, 0.05) is 21.3 Å². The van der Waals surface area contributed by atoms with Gasteiger partial charge in [0.05, 0.1) is 6.54 Å².